The first kappa shape index (κ1) is 9.77. The van der Waals surface area contributed by atoms with Gasteiger partial charge in [0.25, 0.3) is 0 Å². The van der Waals surface area contributed by atoms with Gasteiger partial charge in [-0.05, 0) is 30.2 Å². The van der Waals surface area contributed by atoms with Crippen molar-refractivity contribution in [2.24, 2.45) is 17.0 Å². The molecule has 0 aromatic heterocycles. The molecule has 72 valence electrons. The lowest BCUT2D eigenvalue weighted by Crippen LogP contribution is -2.28. The van der Waals surface area contributed by atoms with Crippen molar-refractivity contribution in [3.8, 4) is 0 Å². The van der Waals surface area contributed by atoms with E-state index in [4.69, 9.17) is 5.53 Å². The van der Waals surface area contributed by atoms with Gasteiger partial charge in [0, 0.05) is 4.91 Å². The van der Waals surface area contributed by atoms with Crippen molar-refractivity contribution in [2.45, 2.75) is 28.2 Å². The van der Waals surface area contributed by atoms with Crippen LogP contribution in [0.25, 0.3) is 10.4 Å². The summed E-state index contributed by atoms with van der Waals surface area (Å²) in [7, 11) is 0. The molecule has 0 aromatic rings. The van der Waals surface area contributed by atoms with Crippen LogP contribution < -0.4 is 0 Å². The third kappa shape index (κ3) is 1.50. The van der Waals surface area contributed by atoms with E-state index in [2.05, 4.69) is 41.9 Å². The molecule has 4 atom stereocenters. The van der Waals surface area contributed by atoms with Gasteiger partial charge in [-0.2, -0.15) is 0 Å². The molecule has 2 fully saturated rings. The minimum absolute atomic E-state index is 0.0132. The summed E-state index contributed by atoms with van der Waals surface area (Å²) in [6.07, 6.45) is 1.01. The first-order valence-corrected chi connectivity index (χ1v) is 5.76. The molecule has 0 heterocycles. The number of halogens is 2. The number of alkyl halides is 2. The minimum atomic E-state index is -0.478. The zero-order valence-electron chi connectivity index (χ0n) is 6.77. The third-order valence-corrected chi connectivity index (χ3v) is 5.35. The molecule has 0 aromatic carbocycles. The molecule has 0 spiro atoms. The van der Waals surface area contributed by atoms with Crippen LogP contribution in [0.5, 0.6) is 0 Å². The summed E-state index contributed by atoms with van der Waals surface area (Å²) in [6, 6.07) is -0.247. The predicted octanol–water partition coefficient (Wildman–Crippen LogP) is 2.55. The zero-order chi connectivity index (χ0) is 9.64. The van der Waals surface area contributed by atoms with Crippen LogP contribution in [0.2, 0.25) is 0 Å². The van der Waals surface area contributed by atoms with Gasteiger partial charge < -0.3 is 5.11 Å². The Kier molecular flexibility index (Phi) is 2.35. The molecule has 13 heavy (non-hydrogen) atoms. The SMILES string of the molecule is [N-]=[N+]=N[C@@H]1C[C@@H]2[C@H](C[C@H]1O)C2(Br)Br. The van der Waals surface area contributed by atoms with Crippen molar-refractivity contribution in [1.29, 1.82) is 0 Å². The van der Waals surface area contributed by atoms with E-state index < -0.39 is 6.10 Å². The molecule has 0 radical (unpaired) electrons. The Morgan fingerprint density at radius 1 is 1.38 bits per heavy atom. The van der Waals surface area contributed by atoms with Crippen LogP contribution >= 0.6 is 31.9 Å². The Morgan fingerprint density at radius 3 is 2.62 bits per heavy atom. The largest absolute Gasteiger partial charge is 0.393 e. The van der Waals surface area contributed by atoms with Crippen LogP contribution in [0.1, 0.15) is 12.8 Å². The lowest BCUT2D eigenvalue weighted by atomic mass is 9.93. The summed E-state index contributed by atoms with van der Waals surface area (Å²) in [5.74, 6) is 0.971. The molecule has 0 saturated heterocycles. The Balaban J connectivity index is 2.09. The highest BCUT2D eigenvalue weighted by atomic mass is 79.9. The van der Waals surface area contributed by atoms with Crippen molar-refractivity contribution < 1.29 is 5.11 Å². The van der Waals surface area contributed by atoms with E-state index in [9.17, 15) is 5.11 Å². The number of aliphatic hydroxyl groups is 1. The van der Waals surface area contributed by atoms with E-state index in [0.717, 1.165) is 6.42 Å². The zero-order valence-corrected chi connectivity index (χ0v) is 9.94. The molecule has 0 unspecified atom stereocenters. The fourth-order valence-electron chi connectivity index (χ4n) is 2.13. The summed E-state index contributed by atoms with van der Waals surface area (Å²) in [4.78, 5) is 2.74. The quantitative estimate of drug-likeness (QED) is 0.344. The van der Waals surface area contributed by atoms with Gasteiger partial charge in [-0.1, -0.05) is 37.0 Å². The summed E-state index contributed by atoms with van der Waals surface area (Å²) >= 11 is 7.11. The number of fused-ring (bicyclic) bond motifs is 1. The molecular weight excluding hydrogens is 302 g/mol. The van der Waals surface area contributed by atoms with Gasteiger partial charge in [0.15, 0.2) is 0 Å². The molecular formula is C7H9Br2N3O. The number of nitrogens with zero attached hydrogens (tertiary/aromatic N) is 3. The van der Waals surface area contributed by atoms with E-state index >= 15 is 0 Å². The first-order chi connectivity index (χ1) is 6.07. The van der Waals surface area contributed by atoms with Gasteiger partial charge in [0.05, 0.1) is 15.4 Å². The van der Waals surface area contributed by atoms with Crippen LogP contribution in [0.15, 0.2) is 5.11 Å². The van der Waals surface area contributed by atoms with Crippen LogP contribution in [0, 0.1) is 11.8 Å². The number of azide groups is 1. The normalized spacial score (nSPS) is 46.1. The van der Waals surface area contributed by atoms with E-state index in [1.54, 1.807) is 0 Å². The molecule has 2 aliphatic carbocycles. The summed E-state index contributed by atoms with van der Waals surface area (Å²) in [6.45, 7) is 0. The monoisotopic (exact) mass is 309 g/mol. The second-order valence-electron chi connectivity index (χ2n) is 3.70. The maximum Gasteiger partial charge on any atom is 0.0869 e. The highest BCUT2D eigenvalue weighted by Gasteiger charge is 2.64. The van der Waals surface area contributed by atoms with Crippen molar-refractivity contribution in [3.05, 3.63) is 10.4 Å². The summed E-state index contributed by atoms with van der Waals surface area (Å²) in [5, 5.41) is 13.2. The summed E-state index contributed by atoms with van der Waals surface area (Å²) in [5.41, 5.74) is 8.29. The van der Waals surface area contributed by atoms with Crippen molar-refractivity contribution in [1.82, 2.24) is 0 Å². The van der Waals surface area contributed by atoms with Crippen molar-refractivity contribution in [3.63, 3.8) is 0 Å². The maximum atomic E-state index is 9.62. The van der Waals surface area contributed by atoms with Crippen LogP contribution in [-0.2, 0) is 0 Å². The number of hydrogen-bond acceptors (Lipinski definition) is 2. The molecule has 6 heteroatoms. The average molecular weight is 311 g/mol. The molecule has 4 nitrogen and oxygen atoms in total. The Bertz CT molecular complexity index is 277. The van der Waals surface area contributed by atoms with Gasteiger partial charge >= 0.3 is 0 Å². The second kappa shape index (κ2) is 3.12. The Labute approximate surface area is 92.6 Å². The number of aliphatic hydroxyl groups excluding tert-OH is 1. The van der Waals surface area contributed by atoms with E-state index in [0.29, 0.717) is 18.3 Å². The van der Waals surface area contributed by atoms with Gasteiger partial charge in [-0.15, -0.1) is 0 Å². The van der Waals surface area contributed by atoms with Gasteiger partial charge in [-0.25, -0.2) is 0 Å². The van der Waals surface area contributed by atoms with Gasteiger partial charge in [0.1, 0.15) is 0 Å². The van der Waals surface area contributed by atoms with Crippen LogP contribution in [0.4, 0.5) is 0 Å². The predicted molar refractivity (Wildman–Crippen MR) is 55.7 cm³/mol. The van der Waals surface area contributed by atoms with Crippen LogP contribution in [0.3, 0.4) is 0 Å². The third-order valence-electron chi connectivity index (χ3n) is 3.00. The molecule has 1 N–H and O–H groups in total. The van der Waals surface area contributed by atoms with Crippen molar-refractivity contribution >= 4 is 31.9 Å². The van der Waals surface area contributed by atoms with Crippen molar-refractivity contribution in [2.75, 3.05) is 0 Å². The molecule has 0 amide bonds. The van der Waals surface area contributed by atoms with Gasteiger partial charge in [-0.3, -0.25) is 0 Å². The fourth-order valence-corrected chi connectivity index (χ4v) is 3.89. The van der Waals surface area contributed by atoms with E-state index in [1.807, 2.05) is 0 Å². The van der Waals surface area contributed by atoms with Gasteiger partial charge in [0.2, 0.25) is 0 Å². The smallest absolute Gasteiger partial charge is 0.0869 e. The number of hydrogen-bond donors (Lipinski definition) is 1. The van der Waals surface area contributed by atoms with E-state index in [1.165, 1.54) is 0 Å². The topological polar surface area (TPSA) is 69.0 Å². The Morgan fingerprint density at radius 2 is 2.00 bits per heavy atom. The standard InChI is InChI=1S/C7H9Br2N3O/c8-7(9)3-1-5(11-12-10)6(13)2-4(3)7/h3-6,13H,1-2H2/t3-,4+,5-,6-/m1/s1. The lowest BCUT2D eigenvalue weighted by molar-refractivity contribution is 0.104. The van der Waals surface area contributed by atoms with E-state index in [-0.39, 0.29) is 9.28 Å². The maximum absolute atomic E-state index is 9.62. The number of rotatable bonds is 1. The molecule has 2 saturated carbocycles. The highest BCUT2D eigenvalue weighted by Crippen LogP contribution is 2.67. The first-order valence-electron chi connectivity index (χ1n) is 4.17. The minimum Gasteiger partial charge on any atom is -0.393 e. The van der Waals surface area contributed by atoms with Crippen LogP contribution in [-0.4, -0.2) is 20.5 Å². The second-order valence-corrected chi connectivity index (χ2v) is 7.39. The lowest BCUT2D eigenvalue weighted by Gasteiger charge is -2.21. The fraction of sp³-hybridized carbons (Fsp3) is 1.00. The molecule has 2 rings (SSSR count). The summed E-state index contributed by atoms with van der Waals surface area (Å²) < 4.78 is -0.0132. The average Bonchev–Trinajstić information content (AvgIpc) is 2.56. The molecule has 0 bridgehead atoms. The highest BCUT2D eigenvalue weighted by molar-refractivity contribution is 9.25. The Hall–Kier alpha value is 0.230. The molecule has 2 aliphatic rings. The molecule has 0 aliphatic heterocycles.